The number of halogens is 3. The predicted octanol–water partition coefficient (Wildman–Crippen LogP) is 4.48. The van der Waals surface area contributed by atoms with E-state index < -0.39 is 11.7 Å². The van der Waals surface area contributed by atoms with Gasteiger partial charge in [0.15, 0.2) is 5.13 Å². The number of thiazole rings is 1. The fourth-order valence-corrected chi connectivity index (χ4v) is 2.96. The SMILES string of the molecule is O=C(Nc1nc2ccc(F)cc2s1)c1c(F)cccc1Cl. The van der Waals surface area contributed by atoms with E-state index in [1.807, 2.05) is 0 Å². The molecule has 0 bridgehead atoms. The van der Waals surface area contributed by atoms with Crippen LogP contribution in [0.25, 0.3) is 10.2 Å². The average molecular weight is 325 g/mol. The topological polar surface area (TPSA) is 42.0 Å². The van der Waals surface area contributed by atoms with Crippen molar-refractivity contribution in [3.05, 3.63) is 58.6 Å². The Labute approximate surface area is 127 Å². The summed E-state index contributed by atoms with van der Waals surface area (Å²) in [4.78, 5) is 16.2. The van der Waals surface area contributed by atoms with Crippen molar-refractivity contribution >= 4 is 44.2 Å². The molecular formula is C14H7ClF2N2OS. The molecular weight excluding hydrogens is 318 g/mol. The van der Waals surface area contributed by atoms with Crippen LogP contribution < -0.4 is 5.32 Å². The van der Waals surface area contributed by atoms with Gasteiger partial charge in [0.05, 0.1) is 20.8 Å². The molecule has 3 aromatic rings. The average Bonchev–Trinajstić information content (AvgIpc) is 2.79. The summed E-state index contributed by atoms with van der Waals surface area (Å²) in [7, 11) is 0. The molecule has 0 aliphatic heterocycles. The molecule has 3 nitrogen and oxygen atoms in total. The Kier molecular flexibility index (Phi) is 3.57. The Morgan fingerprint density at radius 2 is 2.05 bits per heavy atom. The van der Waals surface area contributed by atoms with E-state index >= 15 is 0 Å². The Morgan fingerprint density at radius 1 is 1.24 bits per heavy atom. The van der Waals surface area contributed by atoms with Gasteiger partial charge in [-0.1, -0.05) is 29.0 Å². The number of nitrogens with zero attached hydrogens (tertiary/aromatic N) is 1. The van der Waals surface area contributed by atoms with E-state index in [0.717, 1.165) is 17.4 Å². The number of anilines is 1. The van der Waals surface area contributed by atoms with Crippen molar-refractivity contribution in [1.29, 1.82) is 0 Å². The van der Waals surface area contributed by atoms with Crippen molar-refractivity contribution in [3.63, 3.8) is 0 Å². The highest BCUT2D eigenvalue weighted by atomic mass is 35.5. The van der Waals surface area contributed by atoms with E-state index in [1.54, 1.807) is 0 Å². The Morgan fingerprint density at radius 3 is 2.81 bits per heavy atom. The van der Waals surface area contributed by atoms with E-state index in [-0.39, 0.29) is 21.5 Å². The molecule has 3 rings (SSSR count). The van der Waals surface area contributed by atoms with Crippen LogP contribution in [0.2, 0.25) is 5.02 Å². The molecule has 0 saturated heterocycles. The number of nitrogens with one attached hydrogen (secondary N) is 1. The van der Waals surface area contributed by atoms with Crippen molar-refractivity contribution in [2.45, 2.75) is 0 Å². The monoisotopic (exact) mass is 324 g/mol. The maximum atomic E-state index is 13.6. The number of carbonyl (C=O) groups excluding carboxylic acids is 1. The normalized spacial score (nSPS) is 10.8. The maximum Gasteiger partial charge on any atom is 0.261 e. The zero-order valence-corrected chi connectivity index (χ0v) is 11.9. The second-order valence-corrected chi connectivity index (χ2v) is 5.62. The van der Waals surface area contributed by atoms with Crippen molar-refractivity contribution in [2.24, 2.45) is 0 Å². The summed E-state index contributed by atoms with van der Waals surface area (Å²) in [5.74, 6) is -1.80. The van der Waals surface area contributed by atoms with Crippen molar-refractivity contribution < 1.29 is 13.6 Å². The summed E-state index contributed by atoms with van der Waals surface area (Å²) in [6.45, 7) is 0. The minimum atomic E-state index is -0.716. The predicted molar refractivity (Wildman–Crippen MR) is 78.9 cm³/mol. The van der Waals surface area contributed by atoms with Crippen LogP contribution in [0.15, 0.2) is 36.4 Å². The standard InChI is InChI=1S/C14H7ClF2N2OS/c15-8-2-1-3-9(17)12(8)13(20)19-14-18-10-5-4-7(16)6-11(10)21-14/h1-6H,(H,18,19,20). The molecule has 0 spiro atoms. The number of benzene rings is 2. The quantitative estimate of drug-likeness (QED) is 0.755. The number of fused-ring (bicyclic) bond motifs is 1. The summed E-state index contributed by atoms with van der Waals surface area (Å²) in [6, 6.07) is 8.09. The van der Waals surface area contributed by atoms with Gasteiger partial charge in [0.1, 0.15) is 11.6 Å². The third-order valence-corrected chi connectivity index (χ3v) is 4.01. The van der Waals surface area contributed by atoms with Gasteiger partial charge < -0.3 is 0 Å². The first kappa shape index (κ1) is 13.9. The van der Waals surface area contributed by atoms with Crippen molar-refractivity contribution in [2.75, 3.05) is 5.32 Å². The summed E-state index contributed by atoms with van der Waals surface area (Å²) < 4.78 is 27.3. The zero-order valence-electron chi connectivity index (χ0n) is 10.4. The van der Waals surface area contributed by atoms with Crippen LogP contribution in [0.4, 0.5) is 13.9 Å². The first-order valence-electron chi connectivity index (χ1n) is 5.86. The van der Waals surface area contributed by atoms with Crippen LogP contribution in [0.3, 0.4) is 0 Å². The van der Waals surface area contributed by atoms with Gasteiger partial charge in [-0.25, -0.2) is 13.8 Å². The zero-order chi connectivity index (χ0) is 15.0. The van der Waals surface area contributed by atoms with Gasteiger partial charge in [0.2, 0.25) is 0 Å². The van der Waals surface area contributed by atoms with Gasteiger partial charge in [0, 0.05) is 0 Å². The molecule has 106 valence electrons. The molecule has 1 N–H and O–H groups in total. The number of aromatic nitrogens is 1. The van der Waals surface area contributed by atoms with E-state index in [0.29, 0.717) is 10.2 Å². The third-order valence-electron chi connectivity index (χ3n) is 2.76. The lowest BCUT2D eigenvalue weighted by molar-refractivity contribution is 0.102. The summed E-state index contributed by atoms with van der Waals surface area (Å²) in [5.41, 5.74) is 0.306. The molecule has 0 saturated carbocycles. The maximum absolute atomic E-state index is 13.6. The first-order valence-corrected chi connectivity index (χ1v) is 7.05. The highest BCUT2D eigenvalue weighted by Crippen LogP contribution is 2.28. The number of hydrogen-bond donors (Lipinski definition) is 1. The molecule has 2 aromatic carbocycles. The van der Waals surface area contributed by atoms with Gasteiger partial charge in [-0.2, -0.15) is 0 Å². The molecule has 1 heterocycles. The second-order valence-electron chi connectivity index (χ2n) is 4.18. The Bertz CT molecular complexity index is 830. The molecule has 0 aliphatic rings. The van der Waals surface area contributed by atoms with Crippen LogP contribution in [0.5, 0.6) is 0 Å². The van der Waals surface area contributed by atoms with Crippen LogP contribution in [-0.4, -0.2) is 10.9 Å². The minimum absolute atomic E-state index is 0.0136. The van der Waals surface area contributed by atoms with Crippen LogP contribution in [0, 0.1) is 11.6 Å². The van der Waals surface area contributed by atoms with E-state index in [4.69, 9.17) is 11.6 Å². The summed E-state index contributed by atoms with van der Waals surface area (Å²) in [6.07, 6.45) is 0. The van der Waals surface area contributed by atoms with Gasteiger partial charge >= 0.3 is 0 Å². The number of rotatable bonds is 2. The Hall–Kier alpha value is -2.05. The highest BCUT2D eigenvalue weighted by Gasteiger charge is 2.17. The summed E-state index contributed by atoms with van der Waals surface area (Å²) in [5, 5.41) is 2.73. The van der Waals surface area contributed by atoms with Crippen molar-refractivity contribution in [1.82, 2.24) is 4.98 Å². The molecule has 1 aromatic heterocycles. The van der Waals surface area contributed by atoms with Gasteiger partial charge in [-0.05, 0) is 30.3 Å². The number of carbonyl (C=O) groups is 1. The lowest BCUT2D eigenvalue weighted by Crippen LogP contribution is -2.14. The van der Waals surface area contributed by atoms with Crippen LogP contribution in [0.1, 0.15) is 10.4 Å². The smallest absolute Gasteiger partial charge is 0.261 e. The molecule has 0 radical (unpaired) electrons. The third kappa shape index (κ3) is 2.72. The second kappa shape index (κ2) is 5.38. The van der Waals surface area contributed by atoms with E-state index in [1.165, 1.54) is 30.3 Å². The molecule has 21 heavy (non-hydrogen) atoms. The molecule has 1 amide bonds. The minimum Gasteiger partial charge on any atom is -0.298 e. The fourth-order valence-electron chi connectivity index (χ4n) is 1.83. The molecule has 0 fully saturated rings. The van der Waals surface area contributed by atoms with Crippen LogP contribution in [-0.2, 0) is 0 Å². The summed E-state index contributed by atoms with van der Waals surface area (Å²) >= 11 is 6.92. The lowest BCUT2D eigenvalue weighted by atomic mass is 10.2. The highest BCUT2D eigenvalue weighted by molar-refractivity contribution is 7.22. The van der Waals surface area contributed by atoms with Gasteiger partial charge in [0.25, 0.3) is 5.91 Å². The fraction of sp³-hybridized carbons (Fsp3) is 0. The van der Waals surface area contributed by atoms with Crippen molar-refractivity contribution in [3.8, 4) is 0 Å². The lowest BCUT2D eigenvalue weighted by Gasteiger charge is -2.04. The van der Waals surface area contributed by atoms with E-state index in [9.17, 15) is 13.6 Å². The van der Waals surface area contributed by atoms with Crippen LogP contribution >= 0.6 is 22.9 Å². The molecule has 7 heteroatoms. The van der Waals surface area contributed by atoms with Gasteiger partial charge in [-0.15, -0.1) is 0 Å². The molecule has 0 unspecified atom stereocenters. The molecule has 0 atom stereocenters. The number of amides is 1. The molecule has 0 aliphatic carbocycles. The Balaban J connectivity index is 1.93. The van der Waals surface area contributed by atoms with E-state index in [2.05, 4.69) is 10.3 Å². The number of hydrogen-bond acceptors (Lipinski definition) is 3. The first-order chi connectivity index (χ1) is 10.0. The largest absolute Gasteiger partial charge is 0.298 e. The van der Waals surface area contributed by atoms with Gasteiger partial charge in [-0.3, -0.25) is 10.1 Å².